The quantitative estimate of drug-likeness (QED) is 0.410. The summed E-state index contributed by atoms with van der Waals surface area (Å²) in [7, 11) is 0. The molecule has 0 heterocycles. The van der Waals surface area contributed by atoms with E-state index in [0.29, 0.717) is 0 Å². The first-order valence-electron chi connectivity index (χ1n) is 4.21. The Morgan fingerprint density at radius 3 is 1.69 bits per heavy atom. The number of rotatable bonds is 1. The van der Waals surface area contributed by atoms with Gasteiger partial charge in [0.15, 0.2) is 0 Å². The van der Waals surface area contributed by atoms with Crippen LogP contribution in [0.5, 0.6) is 0 Å². The highest BCUT2D eigenvalue weighted by Gasteiger charge is 2.03. The molecule has 0 aliphatic heterocycles. The minimum absolute atomic E-state index is 0.799. The molecule has 0 aliphatic carbocycles. The Hall–Kier alpha value is 0.267. The molecular weight excluding hydrogens is 260 g/mol. The lowest BCUT2D eigenvalue weighted by atomic mass is 10.4. The zero-order valence-corrected chi connectivity index (χ0v) is 12.1. The van der Waals surface area contributed by atoms with Gasteiger partial charge in [-0.1, -0.05) is 37.8 Å². The number of benzene rings is 1. The molecule has 0 radical (unpaired) electrons. The van der Waals surface area contributed by atoms with Gasteiger partial charge in [0.25, 0.3) is 0 Å². The van der Waals surface area contributed by atoms with Crippen LogP contribution < -0.4 is 0 Å². The number of halogens is 1. The normalized spacial score (nSPS) is 10.2. The molecule has 0 aliphatic rings. The van der Waals surface area contributed by atoms with Gasteiger partial charge in [0.05, 0.1) is 0 Å². The van der Waals surface area contributed by atoms with E-state index in [0.717, 1.165) is 0 Å². The lowest BCUT2D eigenvalue weighted by Crippen LogP contribution is -2.05. The third-order valence-electron chi connectivity index (χ3n) is 0.979. The van der Waals surface area contributed by atoms with E-state index in [4.69, 9.17) is 0 Å². The summed E-state index contributed by atoms with van der Waals surface area (Å²) in [4.78, 5) is 1.33. The minimum atomic E-state index is -0.799. The van der Waals surface area contributed by atoms with Gasteiger partial charge in [0.2, 0.25) is 0 Å². The second-order valence-electron chi connectivity index (χ2n) is 3.58. The summed E-state index contributed by atoms with van der Waals surface area (Å²) in [6, 6.07) is 10.3. The highest BCUT2D eigenvalue weighted by atomic mass is 79.9. The largest absolute Gasteiger partial charge is 0.130 e. The molecule has 0 nitrogen and oxygen atoms in total. The molecule has 3 heteroatoms. The van der Waals surface area contributed by atoms with Crippen LogP contribution in [0.1, 0.15) is 0 Å². The van der Waals surface area contributed by atoms with E-state index in [2.05, 4.69) is 53.3 Å². The third-order valence-corrected chi connectivity index (χ3v) is 1.72. The zero-order chi connectivity index (χ0) is 10.3. The molecule has 1 rings (SSSR count). The maximum atomic E-state index is 3.51. The fourth-order valence-corrected chi connectivity index (χ4v) is 0.986. The molecule has 0 saturated heterocycles. The van der Waals surface area contributed by atoms with Crippen LogP contribution in [0.2, 0.25) is 19.6 Å². The maximum absolute atomic E-state index is 3.51. The molecule has 0 spiro atoms. The molecule has 74 valence electrons. The number of hydrogen-bond donors (Lipinski definition) is 0. The van der Waals surface area contributed by atoms with Crippen LogP contribution >= 0.6 is 27.1 Å². The minimum Gasteiger partial charge on any atom is -0.130 e. The Morgan fingerprint density at radius 1 is 1.08 bits per heavy atom. The van der Waals surface area contributed by atoms with Crippen molar-refractivity contribution in [1.82, 2.24) is 0 Å². The highest BCUT2D eigenvalue weighted by Crippen LogP contribution is 2.11. The summed E-state index contributed by atoms with van der Waals surface area (Å²) in [6.45, 7) is 5.93. The van der Waals surface area contributed by atoms with Crippen LogP contribution in [0.4, 0.5) is 0 Å². The van der Waals surface area contributed by atoms with E-state index >= 15 is 0 Å². The topological polar surface area (TPSA) is 0 Å². The van der Waals surface area contributed by atoms with Gasteiger partial charge in [-0.15, -0.1) is 27.1 Å². The smallest absolute Gasteiger partial charge is 0.121 e. The Morgan fingerprint density at radius 2 is 1.46 bits per heavy atom. The van der Waals surface area contributed by atoms with E-state index in [1.807, 2.05) is 18.2 Å². The monoisotopic (exact) mass is 276 g/mol. The maximum Gasteiger partial charge on any atom is 0.121 e. The Labute approximate surface area is 94.7 Å². The van der Waals surface area contributed by atoms with Gasteiger partial charge in [0.1, 0.15) is 6.69 Å². The van der Waals surface area contributed by atoms with Gasteiger partial charge in [-0.05, 0) is 18.4 Å². The van der Waals surface area contributed by atoms with Gasteiger partial charge >= 0.3 is 0 Å². The fraction of sp³-hybridized carbons (Fsp3) is 0.400. The summed E-state index contributed by atoms with van der Waals surface area (Å²) < 4.78 is 0. The molecular formula is C10H17BrSSi. The molecule has 0 bridgehead atoms. The van der Waals surface area contributed by atoms with E-state index in [-0.39, 0.29) is 0 Å². The van der Waals surface area contributed by atoms with Crippen molar-refractivity contribution in [3.8, 4) is 0 Å². The van der Waals surface area contributed by atoms with Gasteiger partial charge in [-0.3, -0.25) is 0 Å². The summed E-state index contributed by atoms with van der Waals surface area (Å²) >= 11 is 5.28. The van der Waals surface area contributed by atoms with Gasteiger partial charge in [-0.25, -0.2) is 0 Å². The van der Waals surface area contributed by atoms with Crippen molar-refractivity contribution >= 4 is 33.7 Å². The molecule has 0 N–H and O–H groups in total. The predicted octanol–water partition coefficient (Wildman–Crippen LogP) is 4.62. The molecule has 1 aromatic carbocycles. The predicted molar refractivity (Wildman–Crippen MR) is 70.5 cm³/mol. The average Bonchev–Trinajstić information content (AvgIpc) is 2.03. The van der Waals surface area contributed by atoms with Gasteiger partial charge in [0, 0.05) is 4.90 Å². The Balaban J connectivity index is 0.000000252. The summed E-state index contributed by atoms with van der Waals surface area (Å²) in [5.74, 6) is 0. The van der Waals surface area contributed by atoms with Crippen LogP contribution in [0.3, 0.4) is 0 Å². The lowest BCUT2D eigenvalue weighted by molar-refractivity contribution is 1.47. The number of hydrogen-bond acceptors (Lipinski definition) is 1. The standard InChI is InChI=1S/C7H8S.C3H9BrSi/c1-8-7-5-3-2-4-6-7;1-5(2,3)4/h2-6H,1H3;1-3H3. The zero-order valence-electron chi connectivity index (χ0n) is 8.67. The van der Waals surface area contributed by atoms with E-state index in [1.54, 1.807) is 11.8 Å². The van der Waals surface area contributed by atoms with Gasteiger partial charge < -0.3 is 0 Å². The Bertz CT molecular complexity index is 212. The van der Waals surface area contributed by atoms with Crippen molar-refractivity contribution in [3.63, 3.8) is 0 Å². The third kappa shape index (κ3) is 12.3. The first-order valence-corrected chi connectivity index (χ1v) is 11.2. The van der Waals surface area contributed by atoms with Crippen molar-refractivity contribution in [1.29, 1.82) is 0 Å². The summed E-state index contributed by atoms with van der Waals surface area (Å²) in [5.41, 5.74) is 0. The van der Waals surface area contributed by atoms with Crippen LogP contribution in [0, 0.1) is 0 Å². The first kappa shape index (κ1) is 13.3. The molecule has 0 saturated carbocycles. The average molecular weight is 277 g/mol. The number of thioether (sulfide) groups is 1. The summed E-state index contributed by atoms with van der Waals surface area (Å²) in [5, 5.41) is 0. The molecule has 0 amide bonds. The Kier molecular flexibility index (Phi) is 6.82. The second kappa shape index (κ2) is 6.68. The van der Waals surface area contributed by atoms with Crippen LogP contribution in [-0.4, -0.2) is 12.9 Å². The van der Waals surface area contributed by atoms with E-state index in [1.165, 1.54) is 4.90 Å². The summed E-state index contributed by atoms with van der Waals surface area (Å²) in [6.07, 6.45) is 2.08. The molecule has 0 fully saturated rings. The molecule has 0 unspecified atom stereocenters. The second-order valence-corrected chi connectivity index (χ2v) is 15.7. The van der Waals surface area contributed by atoms with Crippen LogP contribution in [0.15, 0.2) is 35.2 Å². The van der Waals surface area contributed by atoms with Crippen molar-refractivity contribution in [3.05, 3.63) is 30.3 Å². The van der Waals surface area contributed by atoms with Crippen molar-refractivity contribution in [2.45, 2.75) is 24.5 Å². The molecule has 1 aromatic rings. The highest BCUT2D eigenvalue weighted by molar-refractivity contribution is 9.26. The van der Waals surface area contributed by atoms with Crippen molar-refractivity contribution < 1.29 is 0 Å². The van der Waals surface area contributed by atoms with Crippen molar-refractivity contribution in [2.24, 2.45) is 0 Å². The van der Waals surface area contributed by atoms with E-state index < -0.39 is 6.69 Å². The molecule has 13 heavy (non-hydrogen) atoms. The first-order chi connectivity index (χ1) is 5.93. The lowest BCUT2D eigenvalue weighted by Gasteiger charge is -1.98. The molecule has 0 atom stereocenters. The van der Waals surface area contributed by atoms with Crippen LogP contribution in [0.25, 0.3) is 0 Å². The fourth-order valence-electron chi connectivity index (χ4n) is 0.557. The van der Waals surface area contributed by atoms with Crippen molar-refractivity contribution in [2.75, 3.05) is 6.26 Å². The SMILES string of the molecule is CSc1ccccc1.C[Si](C)(C)Br. The molecule has 0 aromatic heterocycles. The van der Waals surface area contributed by atoms with E-state index in [9.17, 15) is 0 Å². The van der Waals surface area contributed by atoms with Gasteiger partial charge in [-0.2, -0.15) is 0 Å². The van der Waals surface area contributed by atoms with Crippen LogP contribution in [-0.2, 0) is 0 Å².